The smallest absolute Gasteiger partial charge is 0.434 e. The van der Waals surface area contributed by atoms with Gasteiger partial charge in [-0.15, -0.1) is 0 Å². The SMILES string of the molecule is CCOC(=O)OC1=C(OC(=O)OCC)/C(C)=C/C/C=C2\[C@](C)(\C=C\1)CC[C@@]1(C)[C@@H]3C[C@](C)(C(N)=O)CC[C@]3(C)CC[C@]21C. The number of primary amides is 1. The summed E-state index contributed by atoms with van der Waals surface area (Å²) < 4.78 is 21.3. The second-order valence-electron chi connectivity index (χ2n) is 14.3. The van der Waals surface area contributed by atoms with Gasteiger partial charge in [-0.1, -0.05) is 58.4 Å². The van der Waals surface area contributed by atoms with E-state index in [1.54, 1.807) is 19.9 Å². The van der Waals surface area contributed by atoms with Crippen molar-refractivity contribution >= 4 is 18.2 Å². The second-order valence-corrected chi connectivity index (χ2v) is 14.3. The zero-order chi connectivity index (χ0) is 31.8. The molecule has 0 saturated heterocycles. The number of fused-ring (bicyclic) bond motifs is 5. The van der Waals surface area contributed by atoms with Crippen molar-refractivity contribution in [2.24, 2.45) is 38.7 Å². The Morgan fingerprint density at radius 3 is 2.12 bits per heavy atom. The van der Waals surface area contributed by atoms with Crippen LogP contribution in [0.15, 0.2) is 47.0 Å². The van der Waals surface area contributed by atoms with E-state index in [0.29, 0.717) is 17.9 Å². The van der Waals surface area contributed by atoms with Gasteiger partial charge in [0.15, 0.2) is 11.5 Å². The molecule has 0 spiro atoms. The maximum atomic E-state index is 12.6. The average Bonchev–Trinajstić information content (AvgIpc) is 2.94. The van der Waals surface area contributed by atoms with E-state index in [4.69, 9.17) is 24.7 Å². The molecule has 6 atom stereocenters. The van der Waals surface area contributed by atoms with E-state index in [1.165, 1.54) is 5.57 Å². The third kappa shape index (κ3) is 5.78. The zero-order valence-electron chi connectivity index (χ0n) is 27.4. The first-order valence-corrected chi connectivity index (χ1v) is 15.9. The van der Waals surface area contributed by atoms with Crippen molar-refractivity contribution in [3.8, 4) is 0 Å². The summed E-state index contributed by atoms with van der Waals surface area (Å²) in [5, 5.41) is 0. The van der Waals surface area contributed by atoms with Gasteiger partial charge in [0.1, 0.15) is 0 Å². The summed E-state index contributed by atoms with van der Waals surface area (Å²) in [6.07, 6.45) is 13.7. The molecule has 3 saturated carbocycles. The number of carbonyl (C=O) groups is 3. The number of carbonyl (C=O) groups excluding carboxylic acids is 3. The molecule has 4 aliphatic carbocycles. The first kappa shape index (κ1) is 32.9. The molecule has 43 heavy (non-hydrogen) atoms. The highest BCUT2D eigenvalue weighted by Crippen LogP contribution is 2.74. The average molecular weight is 598 g/mol. The third-order valence-corrected chi connectivity index (χ3v) is 11.8. The Morgan fingerprint density at radius 1 is 0.860 bits per heavy atom. The fourth-order valence-corrected chi connectivity index (χ4v) is 8.72. The first-order valence-electron chi connectivity index (χ1n) is 15.9. The molecule has 0 aromatic rings. The van der Waals surface area contributed by atoms with Crippen molar-refractivity contribution < 1.29 is 33.3 Å². The van der Waals surface area contributed by atoms with Crippen LogP contribution in [0.2, 0.25) is 0 Å². The highest BCUT2D eigenvalue weighted by Gasteiger charge is 2.66. The van der Waals surface area contributed by atoms with Gasteiger partial charge in [0.05, 0.1) is 13.2 Å². The number of nitrogens with two attached hydrogens (primary N) is 1. The molecular weight excluding hydrogens is 546 g/mol. The number of ether oxygens (including phenoxy) is 4. The van der Waals surface area contributed by atoms with Crippen molar-refractivity contribution in [2.45, 2.75) is 107 Å². The molecule has 8 nitrogen and oxygen atoms in total. The summed E-state index contributed by atoms with van der Waals surface area (Å²) in [6.45, 7) is 17.1. The molecule has 4 rings (SSSR count). The maximum Gasteiger partial charge on any atom is 0.513 e. The number of hydrogen-bond donors (Lipinski definition) is 1. The predicted molar refractivity (Wildman–Crippen MR) is 164 cm³/mol. The molecule has 0 radical (unpaired) electrons. The van der Waals surface area contributed by atoms with E-state index in [1.807, 2.05) is 13.0 Å². The van der Waals surface area contributed by atoms with Crippen LogP contribution in [0.25, 0.3) is 0 Å². The molecule has 1 amide bonds. The van der Waals surface area contributed by atoms with Crippen molar-refractivity contribution in [1.29, 1.82) is 0 Å². The highest BCUT2D eigenvalue weighted by atomic mass is 16.7. The number of allylic oxidation sites excluding steroid dienone is 6. The maximum absolute atomic E-state index is 12.6. The fourth-order valence-electron chi connectivity index (χ4n) is 8.72. The van der Waals surface area contributed by atoms with Crippen LogP contribution in [0.3, 0.4) is 0 Å². The van der Waals surface area contributed by atoms with Crippen molar-refractivity contribution in [2.75, 3.05) is 13.2 Å². The summed E-state index contributed by atoms with van der Waals surface area (Å²) in [5.41, 5.74) is 7.18. The fraction of sp³-hybridized carbons (Fsp3) is 0.686. The van der Waals surface area contributed by atoms with Crippen molar-refractivity contribution in [3.63, 3.8) is 0 Å². The summed E-state index contributed by atoms with van der Waals surface area (Å²) in [6, 6.07) is 0. The molecule has 0 heterocycles. The minimum atomic E-state index is -0.873. The van der Waals surface area contributed by atoms with Gasteiger partial charge in [0, 0.05) is 10.8 Å². The minimum Gasteiger partial charge on any atom is -0.434 e. The molecule has 4 aliphatic rings. The summed E-state index contributed by atoms with van der Waals surface area (Å²) in [5.74, 6) is 0.395. The normalized spacial score (nSPS) is 42.3. The lowest BCUT2D eigenvalue weighted by atomic mass is 9.35. The van der Waals surface area contributed by atoms with E-state index >= 15 is 0 Å². The van der Waals surface area contributed by atoms with Crippen molar-refractivity contribution in [3.05, 3.63) is 47.0 Å². The van der Waals surface area contributed by atoms with Crippen LogP contribution < -0.4 is 5.73 Å². The van der Waals surface area contributed by atoms with E-state index in [0.717, 1.165) is 44.9 Å². The van der Waals surface area contributed by atoms with E-state index in [-0.39, 0.29) is 52.3 Å². The molecule has 0 bridgehead atoms. The first-order chi connectivity index (χ1) is 20.1. The van der Waals surface area contributed by atoms with E-state index in [2.05, 4.69) is 46.8 Å². The predicted octanol–water partition coefficient (Wildman–Crippen LogP) is 8.28. The lowest BCUT2D eigenvalue weighted by molar-refractivity contribution is -0.167. The van der Waals surface area contributed by atoms with Crippen LogP contribution in [-0.4, -0.2) is 31.4 Å². The standard InChI is InChI=1S/C35H51NO7/c1-9-40-29(38)42-24-14-15-31(4)18-21-35(8)26-22-33(6,28(36)37)17-16-32(26,5)19-20-34(35,7)25(31)13-11-12-23(3)27(24)43-30(39)41-10-2/h12-15,26H,9-11,16-22H2,1-8H3,(H2,36,37)/b15-14+,23-12+,25-13+,27-24-/t26-,31-,32-,33-,34-,35+/m1/s1. The summed E-state index contributed by atoms with van der Waals surface area (Å²) in [7, 11) is 0. The number of rotatable bonds is 5. The van der Waals surface area contributed by atoms with Crippen LogP contribution >= 0.6 is 0 Å². The van der Waals surface area contributed by atoms with Crippen LogP contribution in [0, 0.1) is 33.0 Å². The highest BCUT2D eigenvalue weighted by molar-refractivity contribution is 5.80. The van der Waals surface area contributed by atoms with Gasteiger partial charge in [0.25, 0.3) is 0 Å². The molecule has 0 aromatic carbocycles. The van der Waals surface area contributed by atoms with Gasteiger partial charge in [0.2, 0.25) is 5.91 Å². The molecule has 8 heteroatoms. The van der Waals surface area contributed by atoms with Crippen LogP contribution in [0.4, 0.5) is 9.59 Å². The van der Waals surface area contributed by atoms with Gasteiger partial charge in [-0.05, 0) is 106 Å². The Bertz CT molecular complexity index is 1280. The lowest BCUT2D eigenvalue weighted by Crippen LogP contribution is -2.61. The third-order valence-electron chi connectivity index (χ3n) is 11.8. The van der Waals surface area contributed by atoms with Gasteiger partial charge >= 0.3 is 12.3 Å². The zero-order valence-corrected chi connectivity index (χ0v) is 27.4. The number of hydrogen-bond acceptors (Lipinski definition) is 7. The monoisotopic (exact) mass is 597 g/mol. The molecule has 0 aliphatic heterocycles. The minimum absolute atomic E-state index is 0.0303. The largest absolute Gasteiger partial charge is 0.513 e. The van der Waals surface area contributed by atoms with E-state index < -0.39 is 17.7 Å². The van der Waals surface area contributed by atoms with Gasteiger partial charge in [-0.25, -0.2) is 9.59 Å². The summed E-state index contributed by atoms with van der Waals surface area (Å²) in [4.78, 5) is 37.5. The molecule has 0 unspecified atom stereocenters. The molecule has 0 aromatic heterocycles. The number of amides is 1. The van der Waals surface area contributed by atoms with Crippen LogP contribution in [-0.2, 0) is 23.7 Å². The van der Waals surface area contributed by atoms with Gasteiger partial charge in [-0.2, -0.15) is 0 Å². The Hall–Kier alpha value is -3.03. The lowest BCUT2D eigenvalue weighted by Gasteiger charge is -2.69. The molecule has 3 fully saturated rings. The van der Waals surface area contributed by atoms with Gasteiger partial charge in [-0.3, -0.25) is 4.79 Å². The van der Waals surface area contributed by atoms with E-state index in [9.17, 15) is 14.4 Å². The molecule has 238 valence electrons. The topological polar surface area (TPSA) is 114 Å². The molecular formula is C35H51NO7. The van der Waals surface area contributed by atoms with Crippen molar-refractivity contribution in [1.82, 2.24) is 0 Å². The second kappa shape index (κ2) is 11.8. The van der Waals surface area contributed by atoms with Crippen LogP contribution in [0.1, 0.15) is 107 Å². The summed E-state index contributed by atoms with van der Waals surface area (Å²) >= 11 is 0. The Kier molecular flexibility index (Phi) is 9.03. The Balaban J connectivity index is 1.79. The van der Waals surface area contributed by atoms with Gasteiger partial charge < -0.3 is 24.7 Å². The molecule has 2 N–H and O–H groups in total. The Labute approximate surface area is 257 Å². The van der Waals surface area contributed by atoms with Crippen LogP contribution in [0.5, 0.6) is 0 Å². The Morgan fingerprint density at radius 2 is 1.49 bits per heavy atom. The quantitative estimate of drug-likeness (QED) is 0.250.